The van der Waals surface area contributed by atoms with E-state index in [-0.39, 0.29) is 0 Å². The van der Waals surface area contributed by atoms with Gasteiger partial charge in [-0.25, -0.2) is 0 Å². The van der Waals surface area contributed by atoms with Crippen LogP contribution >= 0.6 is 0 Å². The van der Waals surface area contributed by atoms with Gasteiger partial charge in [0.1, 0.15) is 0 Å². The van der Waals surface area contributed by atoms with Crippen LogP contribution in [-0.2, 0) is 4.74 Å². The maximum absolute atomic E-state index is 5.68. The second-order valence-electron chi connectivity index (χ2n) is 4.08. The molecule has 1 aliphatic carbocycles. The Labute approximate surface area is 82.3 Å². The van der Waals surface area contributed by atoms with E-state index in [1.807, 2.05) is 0 Å². The highest BCUT2D eigenvalue weighted by Gasteiger charge is 2.16. The van der Waals surface area contributed by atoms with Crippen molar-refractivity contribution >= 4 is 0 Å². The summed E-state index contributed by atoms with van der Waals surface area (Å²) in [5, 5.41) is 0. The van der Waals surface area contributed by atoms with Crippen molar-refractivity contribution in [2.45, 2.75) is 45.1 Å². The molecule has 0 bridgehead atoms. The van der Waals surface area contributed by atoms with Gasteiger partial charge < -0.3 is 9.64 Å². The first-order valence-electron chi connectivity index (χ1n) is 5.63. The lowest BCUT2D eigenvalue weighted by molar-refractivity contribution is -0.000856. The van der Waals surface area contributed by atoms with Crippen LogP contribution in [0, 0.1) is 0 Å². The molecule has 0 heterocycles. The highest BCUT2D eigenvalue weighted by atomic mass is 16.5. The van der Waals surface area contributed by atoms with E-state index in [1.54, 1.807) is 0 Å². The summed E-state index contributed by atoms with van der Waals surface area (Å²) in [6, 6.07) is 0. The molecule has 0 saturated heterocycles. The largest absolute Gasteiger partial charge is 0.378 e. The van der Waals surface area contributed by atoms with E-state index in [0.29, 0.717) is 6.10 Å². The Morgan fingerprint density at radius 1 is 1.31 bits per heavy atom. The van der Waals surface area contributed by atoms with E-state index in [0.717, 1.165) is 6.61 Å². The Morgan fingerprint density at radius 3 is 2.62 bits per heavy atom. The third-order valence-corrected chi connectivity index (χ3v) is 2.70. The maximum Gasteiger partial charge on any atom is 0.0575 e. The minimum absolute atomic E-state index is 0.608. The molecule has 1 aliphatic rings. The smallest absolute Gasteiger partial charge is 0.0575 e. The first-order valence-corrected chi connectivity index (χ1v) is 5.63. The van der Waals surface area contributed by atoms with Crippen LogP contribution in [0.2, 0.25) is 0 Å². The lowest BCUT2D eigenvalue weighted by Crippen LogP contribution is -2.25. The molecular formula is C11H23NO. The molecule has 0 N–H and O–H groups in total. The van der Waals surface area contributed by atoms with Crippen molar-refractivity contribution in [3.63, 3.8) is 0 Å². The molecule has 0 unspecified atom stereocenters. The molecule has 1 rings (SSSR count). The van der Waals surface area contributed by atoms with E-state index in [4.69, 9.17) is 4.74 Å². The standard InChI is InChI=1S/C11H23NO/c1-3-8-12(2)9-5-10-13-11-6-4-7-11/h11H,3-10H2,1-2H3. The van der Waals surface area contributed by atoms with E-state index in [2.05, 4.69) is 18.9 Å². The van der Waals surface area contributed by atoms with Crippen LogP contribution in [0.4, 0.5) is 0 Å². The number of hydrogen-bond acceptors (Lipinski definition) is 2. The van der Waals surface area contributed by atoms with Gasteiger partial charge in [0.25, 0.3) is 0 Å². The Balaban J connectivity index is 1.82. The number of hydrogen-bond donors (Lipinski definition) is 0. The van der Waals surface area contributed by atoms with E-state index in [9.17, 15) is 0 Å². The molecule has 0 aromatic heterocycles. The average Bonchev–Trinajstić information content (AvgIpc) is 2.01. The van der Waals surface area contributed by atoms with Crippen molar-refractivity contribution in [1.82, 2.24) is 4.90 Å². The lowest BCUT2D eigenvalue weighted by Gasteiger charge is -2.26. The Kier molecular flexibility index (Phi) is 5.40. The normalized spacial score (nSPS) is 17.8. The zero-order valence-corrected chi connectivity index (χ0v) is 9.09. The van der Waals surface area contributed by atoms with Crippen molar-refractivity contribution in [2.24, 2.45) is 0 Å². The summed E-state index contributed by atoms with van der Waals surface area (Å²) in [6.45, 7) is 5.57. The van der Waals surface area contributed by atoms with E-state index in [1.165, 1.54) is 45.2 Å². The first kappa shape index (κ1) is 11.0. The van der Waals surface area contributed by atoms with Crippen LogP contribution in [0.25, 0.3) is 0 Å². The molecule has 0 spiro atoms. The molecule has 2 heteroatoms. The van der Waals surface area contributed by atoms with E-state index < -0.39 is 0 Å². The predicted molar refractivity (Wildman–Crippen MR) is 56.0 cm³/mol. The molecule has 1 fully saturated rings. The van der Waals surface area contributed by atoms with Gasteiger partial charge in [0.05, 0.1) is 6.10 Å². The van der Waals surface area contributed by atoms with Gasteiger partial charge in [0.2, 0.25) is 0 Å². The molecule has 0 amide bonds. The Hall–Kier alpha value is -0.0800. The maximum atomic E-state index is 5.68. The lowest BCUT2D eigenvalue weighted by atomic mass is 9.96. The van der Waals surface area contributed by atoms with Crippen LogP contribution in [0.15, 0.2) is 0 Å². The zero-order chi connectivity index (χ0) is 9.52. The van der Waals surface area contributed by atoms with Crippen LogP contribution < -0.4 is 0 Å². The third kappa shape index (κ3) is 4.63. The fraction of sp³-hybridized carbons (Fsp3) is 1.00. The number of nitrogens with zero attached hydrogens (tertiary/aromatic N) is 1. The van der Waals surface area contributed by atoms with Crippen molar-refractivity contribution in [3.8, 4) is 0 Å². The summed E-state index contributed by atoms with van der Waals surface area (Å²) in [7, 11) is 2.19. The zero-order valence-electron chi connectivity index (χ0n) is 9.09. The minimum atomic E-state index is 0.608. The first-order chi connectivity index (χ1) is 6.33. The summed E-state index contributed by atoms with van der Waals surface area (Å²) in [6.07, 6.45) is 7.01. The quantitative estimate of drug-likeness (QED) is 0.564. The SMILES string of the molecule is CCCN(C)CCCOC1CCC1. The van der Waals surface area contributed by atoms with Gasteiger partial charge in [-0.3, -0.25) is 0 Å². The highest BCUT2D eigenvalue weighted by molar-refractivity contribution is 4.68. The molecule has 0 radical (unpaired) electrons. The van der Waals surface area contributed by atoms with Gasteiger partial charge >= 0.3 is 0 Å². The van der Waals surface area contributed by atoms with Gasteiger partial charge in [-0.05, 0) is 45.7 Å². The summed E-state index contributed by atoms with van der Waals surface area (Å²) >= 11 is 0. The second-order valence-corrected chi connectivity index (χ2v) is 4.08. The molecule has 0 atom stereocenters. The monoisotopic (exact) mass is 185 g/mol. The van der Waals surface area contributed by atoms with Crippen LogP contribution in [0.1, 0.15) is 39.0 Å². The third-order valence-electron chi connectivity index (χ3n) is 2.70. The summed E-state index contributed by atoms with van der Waals surface area (Å²) < 4.78 is 5.68. The Morgan fingerprint density at radius 2 is 2.08 bits per heavy atom. The van der Waals surface area contributed by atoms with Crippen molar-refractivity contribution in [2.75, 3.05) is 26.7 Å². The van der Waals surface area contributed by atoms with Crippen molar-refractivity contribution in [3.05, 3.63) is 0 Å². The molecular weight excluding hydrogens is 162 g/mol. The van der Waals surface area contributed by atoms with Gasteiger partial charge in [0, 0.05) is 13.2 Å². The molecule has 1 saturated carbocycles. The Bertz CT molecular complexity index is 123. The van der Waals surface area contributed by atoms with Crippen molar-refractivity contribution < 1.29 is 4.74 Å². The molecule has 0 aromatic rings. The fourth-order valence-corrected chi connectivity index (χ4v) is 1.62. The van der Waals surface area contributed by atoms with Gasteiger partial charge in [-0.2, -0.15) is 0 Å². The van der Waals surface area contributed by atoms with Crippen LogP contribution in [0.3, 0.4) is 0 Å². The minimum Gasteiger partial charge on any atom is -0.378 e. The van der Waals surface area contributed by atoms with Crippen LogP contribution in [-0.4, -0.2) is 37.7 Å². The number of rotatable bonds is 7. The fourth-order valence-electron chi connectivity index (χ4n) is 1.62. The van der Waals surface area contributed by atoms with E-state index >= 15 is 0 Å². The van der Waals surface area contributed by atoms with Crippen LogP contribution in [0.5, 0.6) is 0 Å². The van der Waals surface area contributed by atoms with Crippen molar-refractivity contribution in [1.29, 1.82) is 0 Å². The van der Waals surface area contributed by atoms with Gasteiger partial charge in [-0.1, -0.05) is 6.92 Å². The summed E-state index contributed by atoms with van der Waals surface area (Å²) in [4.78, 5) is 2.38. The molecule has 2 nitrogen and oxygen atoms in total. The molecule has 13 heavy (non-hydrogen) atoms. The molecule has 0 aromatic carbocycles. The highest BCUT2D eigenvalue weighted by Crippen LogP contribution is 2.21. The molecule has 78 valence electrons. The number of ether oxygens (including phenoxy) is 1. The van der Waals surface area contributed by atoms with Gasteiger partial charge in [0.15, 0.2) is 0 Å². The summed E-state index contributed by atoms with van der Waals surface area (Å²) in [5.74, 6) is 0. The molecule has 0 aliphatic heterocycles. The summed E-state index contributed by atoms with van der Waals surface area (Å²) in [5.41, 5.74) is 0. The average molecular weight is 185 g/mol. The predicted octanol–water partition coefficient (Wildman–Crippen LogP) is 2.29. The second kappa shape index (κ2) is 6.39. The topological polar surface area (TPSA) is 12.5 Å². The van der Waals surface area contributed by atoms with Gasteiger partial charge in [-0.15, -0.1) is 0 Å².